The minimum Gasteiger partial charge on any atom is -0.507 e. The Hall–Kier alpha value is -1.61. The average Bonchev–Trinajstić information content (AvgIpc) is 3.02. The summed E-state index contributed by atoms with van der Waals surface area (Å²) in [6, 6.07) is 4.72. The summed E-state index contributed by atoms with van der Waals surface area (Å²) in [5.74, 6) is 2.42. The Morgan fingerprint density at radius 1 is 0.571 bits per heavy atom. The van der Waals surface area contributed by atoms with Crippen LogP contribution in [0.5, 0.6) is 11.5 Å². The van der Waals surface area contributed by atoms with Crippen molar-refractivity contribution in [2.75, 3.05) is 5.75 Å². The van der Waals surface area contributed by atoms with Crippen LogP contribution in [0.25, 0.3) is 0 Å². The zero-order valence-corrected chi connectivity index (χ0v) is 35.2. The molecule has 0 amide bonds. The lowest BCUT2D eigenvalue weighted by molar-refractivity contribution is 0.437. The Morgan fingerprint density at radius 2 is 0.939 bits per heavy atom. The van der Waals surface area contributed by atoms with Gasteiger partial charge < -0.3 is 10.2 Å². The average molecular weight is 695 g/mol. The molecule has 0 spiro atoms. The van der Waals surface area contributed by atoms with Crippen molar-refractivity contribution in [3.63, 3.8) is 0 Å². The molecule has 0 heterocycles. The first kappa shape index (κ1) is 43.6. The Morgan fingerprint density at radius 3 is 1.31 bits per heavy atom. The second kappa shape index (κ2) is 21.0. The number of hydrogen-bond acceptors (Lipinski definition) is 3. The van der Waals surface area contributed by atoms with Gasteiger partial charge in [-0.3, -0.25) is 0 Å². The van der Waals surface area contributed by atoms with E-state index in [1.165, 1.54) is 92.2 Å². The smallest absolute Gasteiger partial charge is 0.122 e. The van der Waals surface area contributed by atoms with Gasteiger partial charge in [0.1, 0.15) is 11.5 Å². The van der Waals surface area contributed by atoms with Gasteiger partial charge >= 0.3 is 0 Å². The Labute approximate surface area is 309 Å². The van der Waals surface area contributed by atoms with Crippen molar-refractivity contribution in [1.29, 1.82) is 0 Å². The maximum absolute atomic E-state index is 11.7. The van der Waals surface area contributed by atoms with Crippen molar-refractivity contribution in [3.05, 3.63) is 56.6 Å². The molecule has 0 aliphatic heterocycles. The van der Waals surface area contributed by atoms with Crippen LogP contribution in [0, 0.1) is 13.8 Å². The summed E-state index contributed by atoms with van der Waals surface area (Å²) in [5, 5.41) is 23.9. The minimum atomic E-state index is -0.166. The molecule has 0 aliphatic rings. The Bertz CT molecular complexity index is 1180. The molecule has 280 valence electrons. The van der Waals surface area contributed by atoms with Crippen LogP contribution < -0.4 is 0 Å². The molecular formula is C46H78O2S. The number of unbranched alkanes of at least 4 members (excludes halogenated alkanes) is 11. The monoisotopic (exact) mass is 695 g/mol. The van der Waals surface area contributed by atoms with Crippen molar-refractivity contribution in [2.24, 2.45) is 0 Å². The molecule has 0 aliphatic carbocycles. The molecule has 0 fully saturated rings. The highest BCUT2D eigenvalue weighted by Gasteiger charge is 2.31. The third kappa shape index (κ3) is 13.1. The first-order valence-electron chi connectivity index (χ1n) is 20.4. The van der Waals surface area contributed by atoms with Gasteiger partial charge in [-0.15, -0.1) is 0 Å². The quantitative estimate of drug-likeness (QED) is 0.121. The van der Waals surface area contributed by atoms with Crippen molar-refractivity contribution in [2.45, 2.75) is 214 Å². The molecule has 1 atom stereocenters. The van der Waals surface area contributed by atoms with Gasteiger partial charge in [0.05, 0.1) is 0 Å². The van der Waals surface area contributed by atoms with E-state index in [9.17, 15) is 10.2 Å². The van der Waals surface area contributed by atoms with Crippen molar-refractivity contribution in [3.8, 4) is 11.5 Å². The van der Waals surface area contributed by atoms with Gasteiger partial charge in [-0.1, -0.05) is 152 Å². The van der Waals surface area contributed by atoms with Gasteiger partial charge in [0, 0.05) is 11.2 Å². The molecule has 2 N–H and O–H groups in total. The van der Waals surface area contributed by atoms with Gasteiger partial charge in [0.25, 0.3) is 0 Å². The second-order valence-corrected chi connectivity index (χ2v) is 18.8. The highest BCUT2D eigenvalue weighted by Crippen LogP contribution is 2.47. The predicted octanol–water partition coefficient (Wildman–Crippen LogP) is 14.6. The van der Waals surface area contributed by atoms with Gasteiger partial charge in [0.15, 0.2) is 0 Å². The zero-order valence-electron chi connectivity index (χ0n) is 34.3. The van der Waals surface area contributed by atoms with Crippen LogP contribution in [-0.4, -0.2) is 21.2 Å². The van der Waals surface area contributed by atoms with Gasteiger partial charge in [-0.25, -0.2) is 0 Å². The number of phenols is 2. The number of rotatable bonds is 22. The van der Waals surface area contributed by atoms with Gasteiger partial charge in [-0.2, -0.15) is 11.8 Å². The molecule has 2 aromatic carbocycles. The number of phenolic OH excluding ortho intramolecular Hbond substituents is 2. The summed E-state index contributed by atoms with van der Waals surface area (Å²) < 4.78 is 0. The third-order valence-corrected chi connectivity index (χ3v) is 12.1. The third-order valence-electron chi connectivity index (χ3n) is 10.8. The summed E-state index contributed by atoms with van der Waals surface area (Å²) in [4.78, 5) is 0. The van der Waals surface area contributed by atoms with E-state index in [-0.39, 0.29) is 16.7 Å². The van der Waals surface area contributed by atoms with Crippen LogP contribution in [0.4, 0.5) is 0 Å². The maximum Gasteiger partial charge on any atom is 0.122 e. The van der Waals surface area contributed by atoms with Crippen molar-refractivity contribution in [1.82, 2.24) is 0 Å². The highest BCUT2D eigenvalue weighted by atomic mass is 32.2. The van der Waals surface area contributed by atoms with Crippen molar-refractivity contribution >= 4 is 11.8 Å². The standard InChI is InChI=1S/C46H78O2S/c1-13-16-19-20-21-22-23-24-25-26-29-49-33(4)30-40(38-31-41(45(7,8)9)43(47)36(34(38)5)27-17-14-2)39-32-42(46(10,11)12)44(48)37(35(39)6)28-18-15-3/h31-33,40,47-48H,13-30H2,1-12H3. The molecule has 1 unspecified atom stereocenters. The number of aromatic hydroxyl groups is 2. The van der Waals surface area contributed by atoms with Crippen molar-refractivity contribution < 1.29 is 10.2 Å². The molecule has 49 heavy (non-hydrogen) atoms. The number of benzene rings is 2. The van der Waals surface area contributed by atoms with Gasteiger partial charge in [0.2, 0.25) is 0 Å². The Balaban J connectivity index is 2.53. The van der Waals surface area contributed by atoms with E-state index in [4.69, 9.17) is 0 Å². The van der Waals surface area contributed by atoms with Crippen LogP contribution in [0.3, 0.4) is 0 Å². The molecule has 2 aromatic rings. The van der Waals surface area contributed by atoms with E-state index in [0.29, 0.717) is 16.7 Å². The number of thioether (sulfide) groups is 1. The van der Waals surface area contributed by atoms with Crippen LogP contribution in [0.1, 0.15) is 216 Å². The first-order chi connectivity index (χ1) is 23.1. The van der Waals surface area contributed by atoms with E-state index in [1.54, 1.807) is 0 Å². The molecule has 2 nitrogen and oxygen atoms in total. The maximum atomic E-state index is 11.7. The van der Waals surface area contributed by atoms with E-state index in [2.05, 4.69) is 107 Å². The number of hydrogen-bond donors (Lipinski definition) is 2. The summed E-state index contributed by atoms with van der Waals surface area (Å²) in [6.07, 6.45) is 21.0. The topological polar surface area (TPSA) is 40.5 Å². The summed E-state index contributed by atoms with van der Waals surface area (Å²) in [5.41, 5.74) is 9.33. The molecule has 3 heteroatoms. The summed E-state index contributed by atoms with van der Waals surface area (Å²) in [6.45, 7) is 27.1. The lowest BCUT2D eigenvalue weighted by Gasteiger charge is -2.32. The zero-order chi connectivity index (χ0) is 36.8. The lowest BCUT2D eigenvalue weighted by atomic mass is 9.74. The fraction of sp³-hybridized carbons (Fsp3) is 0.739. The van der Waals surface area contributed by atoms with Crippen LogP contribution >= 0.6 is 11.8 Å². The fourth-order valence-corrected chi connectivity index (χ4v) is 8.68. The molecule has 0 saturated carbocycles. The molecule has 0 saturated heterocycles. The molecule has 0 aromatic heterocycles. The summed E-state index contributed by atoms with van der Waals surface area (Å²) >= 11 is 2.15. The van der Waals surface area contributed by atoms with Crippen LogP contribution in [-0.2, 0) is 23.7 Å². The minimum absolute atomic E-state index is 0.166. The lowest BCUT2D eigenvalue weighted by Crippen LogP contribution is -2.19. The SMILES string of the molecule is CCCCCCCCCCCCSC(C)CC(c1cc(C(C)(C)C)c(O)c(CCCC)c1C)c1cc(C(C)(C)C)c(O)c(CCCC)c1C. The highest BCUT2D eigenvalue weighted by molar-refractivity contribution is 7.99. The van der Waals surface area contributed by atoms with E-state index >= 15 is 0 Å². The molecule has 0 radical (unpaired) electrons. The van der Waals surface area contributed by atoms with E-state index in [0.717, 1.165) is 67.2 Å². The predicted molar refractivity (Wildman–Crippen MR) is 221 cm³/mol. The normalized spacial score (nSPS) is 13.1. The van der Waals surface area contributed by atoms with E-state index < -0.39 is 0 Å². The molecular weight excluding hydrogens is 617 g/mol. The first-order valence-corrected chi connectivity index (χ1v) is 21.5. The summed E-state index contributed by atoms with van der Waals surface area (Å²) in [7, 11) is 0. The molecule has 0 bridgehead atoms. The van der Waals surface area contributed by atoms with E-state index in [1.807, 2.05) is 0 Å². The Kier molecular flexibility index (Phi) is 18.7. The second-order valence-electron chi connectivity index (χ2n) is 17.3. The largest absolute Gasteiger partial charge is 0.507 e. The molecule has 2 rings (SSSR count). The van der Waals surface area contributed by atoms with Crippen LogP contribution in [0.2, 0.25) is 0 Å². The fourth-order valence-electron chi connectivity index (χ4n) is 7.57. The van der Waals surface area contributed by atoms with Gasteiger partial charge in [-0.05, 0) is 113 Å². The van der Waals surface area contributed by atoms with Crippen LogP contribution in [0.15, 0.2) is 12.1 Å².